The Balaban J connectivity index is 1.66. The minimum absolute atomic E-state index is 0.0517. The van der Waals surface area contributed by atoms with Gasteiger partial charge in [-0.05, 0) is 36.8 Å². The predicted molar refractivity (Wildman–Crippen MR) is 112 cm³/mol. The van der Waals surface area contributed by atoms with Crippen molar-refractivity contribution in [3.8, 4) is 5.75 Å². The molecule has 1 atom stereocenters. The predicted octanol–water partition coefficient (Wildman–Crippen LogP) is 3.34. The van der Waals surface area contributed by atoms with Crippen molar-refractivity contribution in [3.63, 3.8) is 0 Å². The fraction of sp³-hybridized carbons (Fsp3) is 0.261. The first-order chi connectivity index (χ1) is 14.5. The fourth-order valence-electron chi connectivity index (χ4n) is 2.93. The van der Waals surface area contributed by atoms with Crippen molar-refractivity contribution >= 4 is 11.9 Å². The number of carbonyl (C=O) groups is 2. The van der Waals surface area contributed by atoms with Crippen LogP contribution in [0.2, 0.25) is 0 Å². The van der Waals surface area contributed by atoms with E-state index in [1.54, 1.807) is 30.5 Å². The van der Waals surface area contributed by atoms with Gasteiger partial charge in [0.05, 0.1) is 19.6 Å². The molecule has 30 heavy (non-hydrogen) atoms. The Morgan fingerprint density at radius 2 is 1.80 bits per heavy atom. The minimum Gasteiger partial charge on any atom is -0.486 e. The Morgan fingerprint density at radius 1 is 1.10 bits per heavy atom. The second-order valence-corrected chi connectivity index (χ2v) is 6.98. The molecule has 0 aliphatic carbocycles. The van der Waals surface area contributed by atoms with Gasteiger partial charge in [-0.25, -0.2) is 4.98 Å². The lowest BCUT2D eigenvalue weighted by Crippen LogP contribution is -2.30. The zero-order valence-electron chi connectivity index (χ0n) is 17.3. The molecule has 1 amide bonds. The van der Waals surface area contributed by atoms with Gasteiger partial charge in [0.2, 0.25) is 0 Å². The molecule has 3 aromatic rings. The number of esters is 1. The summed E-state index contributed by atoms with van der Waals surface area (Å²) < 4.78 is 12.4. The maximum absolute atomic E-state index is 12.7. The smallest absolute Gasteiger partial charge is 0.307 e. The summed E-state index contributed by atoms with van der Waals surface area (Å²) >= 11 is 0. The van der Waals surface area contributed by atoms with Gasteiger partial charge in [-0.3, -0.25) is 9.59 Å². The van der Waals surface area contributed by atoms with Crippen molar-refractivity contribution in [2.24, 2.45) is 7.05 Å². The molecular formula is C23H25N3O4. The number of rotatable bonds is 8. The quantitative estimate of drug-likeness (QED) is 0.579. The average molecular weight is 407 g/mol. The van der Waals surface area contributed by atoms with E-state index < -0.39 is 6.04 Å². The molecule has 0 saturated heterocycles. The molecule has 7 heteroatoms. The monoisotopic (exact) mass is 407 g/mol. The maximum Gasteiger partial charge on any atom is 0.307 e. The first-order valence-corrected chi connectivity index (χ1v) is 9.59. The number of ether oxygens (including phenoxy) is 2. The van der Waals surface area contributed by atoms with Crippen LogP contribution in [0.25, 0.3) is 0 Å². The zero-order valence-corrected chi connectivity index (χ0v) is 17.3. The van der Waals surface area contributed by atoms with Crippen LogP contribution in [0.1, 0.15) is 39.8 Å². The number of hydrogen-bond acceptors (Lipinski definition) is 5. The van der Waals surface area contributed by atoms with Gasteiger partial charge in [-0.2, -0.15) is 0 Å². The third kappa shape index (κ3) is 5.47. The fourth-order valence-corrected chi connectivity index (χ4v) is 2.93. The van der Waals surface area contributed by atoms with Gasteiger partial charge in [0.25, 0.3) is 5.91 Å². The van der Waals surface area contributed by atoms with E-state index in [4.69, 9.17) is 9.47 Å². The number of aromatic nitrogens is 2. The third-order valence-corrected chi connectivity index (χ3v) is 4.79. The van der Waals surface area contributed by atoms with Gasteiger partial charge in [0.15, 0.2) is 0 Å². The molecule has 0 aliphatic rings. The van der Waals surface area contributed by atoms with Crippen LogP contribution in [0, 0.1) is 6.92 Å². The number of methoxy groups -OCH3 is 1. The Bertz CT molecular complexity index is 994. The highest BCUT2D eigenvalue weighted by atomic mass is 16.5. The summed E-state index contributed by atoms with van der Waals surface area (Å²) in [4.78, 5) is 28.8. The van der Waals surface area contributed by atoms with Gasteiger partial charge in [-0.15, -0.1) is 0 Å². The van der Waals surface area contributed by atoms with E-state index in [2.05, 4.69) is 10.3 Å². The second kappa shape index (κ2) is 9.73. The van der Waals surface area contributed by atoms with Gasteiger partial charge in [-0.1, -0.05) is 29.8 Å². The van der Waals surface area contributed by atoms with Crippen molar-refractivity contribution in [3.05, 3.63) is 83.4 Å². The van der Waals surface area contributed by atoms with Crippen LogP contribution in [0.3, 0.4) is 0 Å². The van der Waals surface area contributed by atoms with E-state index >= 15 is 0 Å². The van der Waals surface area contributed by atoms with E-state index in [0.29, 0.717) is 17.9 Å². The van der Waals surface area contributed by atoms with E-state index in [9.17, 15) is 9.59 Å². The molecule has 0 unspecified atom stereocenters. The number of benzene rings is 2. The third-order valence-electron chi connectivity index (χ3n) is 4.79. The van der Waals surface area contributed by atoms with Crippen LogP contribution >= 0.6 is 0 Å². The second-order valence-electron chi connectivity index (χ2n) is 6.98. The summed E-state index contributed by atoms with van der Waals surface area (Å²) in [7, 11) is 3.23. The molecule has 3 rings (SSSR count). The Kier molecular flexibility index (Phi) is 6.85. The summed E-state index contributed by atoms with van der Waals surface area (Å²) in [6.45, 7) is 2.32. The highest BCUT2D eigenvalue weighted by molar-refractivity contribution is 5.94. The van der Waals surface area contributed by atoms with Crippen molar-refractivity contribution < 1.29 is 19.1 Å². The highest BCUT2D eigenvalue weighted by Crippen LogP contribution is 2.20. The maximum atomic E-state index is 12.7. The summed E-state index contributed by atoms with van der Waals surface area (Å²) in [6.07, 6.45) is 3.62. The Hall–Kier alpha value is -3.61. The van der Waals surface area contributed by atoms with Crippen LogP contribution in [0.4, 0.5) is 0 Å². The SMILES string of the molecule is COC(=O)C[C@H](NC(=O)c1ccc(OCc2nccn2C)cc1)c1ccc(C)cc1. The molecule has 1 aromatic heterocycles. The van der Waals surface area contributed by atoms with Crippen molar-refractivity contribution in [1.82, 2.24) is 14.9 Å². The number of amides is 1. The van der Waals surface area contributed by atoms with Crippen molar-refractivity contribution in [2.75, 3.05) is 7.11 Å². The zero-order chi connectivity index (χ0) is 21.5. The lowest BCUT2D eigenvalue weighted by molar-refractivity contribution is -0.141. The topological polar surface area (TPSA) is 82.4 Å². The van der Waals surface area contributed by atoms with E-state index in [-0.39, 0.29) is 18.3 Å². The van der Waals surface area contributed by atoms with Crippen LogP contribution in [-0.2, 0) is 23.2 Å². The Morgan fingerprint density at radius 3 is 2.40 bits per heavy atom. The molecule has 1 heterocycles. The van der Waals surface area contributed by atoms with Crippen LogP contribution in [0.5, 0.6) is 5.75 Å². The summed E-state index contributed by atoms with van der Waals surface area (Å²) in [5, 5.41) is 2.92. The average Bonchev–Trinajstić information content (AvgIpc) is 3.17. The Labute approximate surface area is 175 Å². The van der Waals surface area contributed by atoms with Gasteiger partial charge in [0, 0.05) is 25.0 Å². The minimum atomic E-state index is -0.482. The number of hydrogen-bond donors (Lipinski definition) is 1. The number of imidazole rings is 1. The summed E-state index contributed by atoms with van der Waals surface area (Å²) in [6, 6.07) is 14.1. The molecular weight excluding hydrogens is 382 g/mol. The van der Waals surface area contributed by atoms with Crippen LogP contribution in [0.15, 0.2) is 60.9 Å². The largest absolute Gasteiger partial charge is 0.486 e. The molecule has 0 fully saturated rings. The summed E-state index contributed by atoms with van der Waals surface area (Å²) in [5.74, 6) is 0.777. The van der Waals surface area contributed by atoms with Crippen LogP contribution < -0.4 is 10.1 Å². The molecule has 1 N–H and O–H groups in total. The van der Waals surface area contributed by atoms with E-state index in [0.717, 1.165) is 17.0 Å². The van der Waals surface area contributed by atoms with Crippen LogP contribution in [-0.4, -0.2) is 28.5 Å². The van der Waals surface area contributed by atoms with E-state index in [1.807, 2.05) is 49.0 Å². The first kappa shape index (κ1) is 21.1. The molecule has 156 valence electrons. The number of aryl methyl sites for hydroxylation is 2. The van der Waals surface area contributed by atoms with E-state index in [1.165, 1.54) is 7.11 Å². The standard InChI is InChI=1S/C23H25N3O4/c1-16-4-6-17(7-5-16)20(14-22(27)29-3)25-23(28)18-8-10-19(11-9-18)30-15-21-24-12-13-26(21)2/h4-13,20H,14-15H2,1-3H3,(H,25,28)/t20-/m0/s1. The van der Waals surface area contributed by atoms with Gasteiger partial charge in [0.1, 0.15) is 18.2 Å². The first-order valence-electron chi connectivity index (χ1n) is 9.59. The lowest BCUT2D eigenvalue weighted by atomic mass is 10.0. The molecule has 0 saturated carbocycles. The molecule has 7 nitrogen and oxygen atoms in total. The lowest BCUT2D eigenvalue weighted by Gasteiger charge is -2.18. The number of nitrogens with one attached hydrogen (secondary N) is 1. The number of nitrogens with zero attached hydrogens (tertiary/aromatic N) is 2. The normalized spacial score (nSPS) is 11.6. The molecule has 2 aromatic carbocycles. The highest BCUT2D eigenvalue weighted by Gasteiger charge is 2.20. The molecule has 0 aliphatic heterocycles. The van der Waals surface area contributed by atoms with Crippen molar-refractivity contribution in [2.45, 2.75) is 26.0 Å². The molecule has 0 radical (unpaired) electrons. The molecule has 0 bridgehead atoms. The van der Waals surface area contributed by atoms with Gasteiger partial charge >= 0.3 is 5.97 Å². The van der Waals surface area contributed by atoms with Crippen molar-refractivity contribution in [1.29, 1.82) is 0 Å². The number of carbonyl (C=O) groups excluding carboxylic acids is 2. The van der Waals surface area contributed by atoms with Gasteiger partial charge < -0.3 is 19.4 Å². The summed E-state index contributed by atoms with van der Waals surface area (Å²) in [5.41, 5.74) is 2.42. The molecule has 0 spiro atoms.